The molecular weight excluding hydrogens is 290 g/mol. The molecule has 0 bridgehead atoms. The minimum Gasteiger partial charge on any atom is -0.373 e. The van der Waals surface area contributed by atoms with Crippen molar-refractivity contribution >= 4 is 17.7 Å². The van der Waals surface area contributed by atoms with Gasteiger partial charge in [0.1, 0.15) is 12.4 Å². The van der Waals surface area contributed by atoms with Gasteiger partial charge >= 0.3 is 0 Å². The minimum atomic E-state index is 0.105. The van der Waals surface area contributed by atoms with Crippen LogP contribution in [0, 0.1) is 0 Å². The van der Waals surface area contributed by atoms with Crippen LogP contribution in [0.4, 0.5) is 11.4 Å². The topological polar surface area (TPSA) is 42.1 Å². The van der Waals surface area contributed by atoms with Crippen LogP contribution in [0.5, 0.6) is 0 Å². The van der Waals surface area contributed by atoms with Gasteiger partial charge in [-0.2, -0.15) is 0 Å². The number of hydrogen-bond donors (Lipinski definition) is 0. The summed E-state index contributed by atoms with van der Waals surface area (Å²) in [5.41, 5.74) is 4.17. The standard InChI is InChI=1S/C19H19NO3/c21-11-14-6-7-19-15(8-14)9-17(22-12-18-13-23-18)10-20(19)16-4-2-1-3-5-16/h1-8,11,17-18H,9-10,12-13H2. The molecule has 4 nitrogen and oxygen atoms in total. The first kappa shape index (κ1) is 14.4. The normalized spacial score (nSPS) is 22.5. The molecule has 2 aromatic carbocycles. The lowest BCUT2D eigenvalue weighted by molar-refractivity contribution is 0.0462. The molecule has 2 heterocycles. The zero-order valence-electron chi connectivity index (χ0n) is 12.9. The van der Waals surface area contributed by atoms with Gasteiger partial charge in [-0.05, 0) is 35.9 Å². The lowest BCUT2D eigenvalue weighted by Gasteiger charge is -2.36. The van der Waals surface area contributed by atoms with Gasteiger partial charge in [0, 0.05) is 29.9 Å². The summed E-state index contributed by atoms with van der Waals surface area (Å²) in [5, 5.41) is 0. The van der Waals surface area contributed by atoms with Crippen LogP contribution in [-0.2, 0) is 15.9 Å². The molecule has 0 aliphatic carbocycles. The summed E-state index contributed by atoms with van der Waals surface area (Å²) >= 11 is 0. The van der Waals surface area contributed by atoms with Crippen molar-refractivity contribution in [3.05, 3.63) is 59.7 Å². The Hall–Kier alpha value is -2.17. The van der Waals surface area contributed by atoms with Crippen LogP contribution < -0.4 is 4.90 Å². The van der Waals surface area contributed by atoms with Gasteiger partial charge in [0.15, 0.2) is 0 Å². The number of fused-ring (bicyclic) bond motifs is 1. The predicted molar refractivity (Wildman–Crippen MR) is 88.5 cm³/mol. The Morgan fingerprint density at radius 1 is 1.22 bits per heavy atom. The highest BCUT2D eigenvalue weighted by molar-refractivity contribution is 5.78. The Morgan fingerprint density at radius 3 is 2.78 bits per heavy atom. The number of benzene rings is 2. The Labute approximate surface area is 135 Å². The lowest BCUT2D eigenvalue weighted by Crippen LogP contribution is -2.38. The van der Waals surface area contributed by atoms with Crippen molar-refractivity contribution < 1.29 is 14.3 Å². The number of epoxide rings is 1. The molecule has 2 atom stereocenters. The molecule has 118 valence electrons. The molecule has 0 saturated carbocycles. The summed E-state index contributed by atoms with van der Waals surface area (Å²) in [4.78, 5) is 13.4. The Bertz CT molecular complexity index is 697. The number of carbonyl (C=O) groups is 1. The van der Waals surface area contributed by atoms with E-state index in [2.05, 4.69) is 17.0 Å². The first-order valence-corrected chi connectivity index (χ1v) is 7.97. The van der Waals surface area contributed by atoms with Crippen molar-refractivity contribution in [3.8, 4) is 0 Å². The molecule has 0 spiro atoms. The maximum Gasteiger partial charge on any atom is 0.150 e. The van der Waals surface area contributed by atoms with E-state index < -0.39 is 0 Å². The van der Waals surface area contributed by atoms with Crippen LogP contribution in [0.25, 0.3) is 0 Å². The van der Waals surface area contributed by atoms with Crippen LogP contribution >= 0.6 is 0 Å². The number of para-hydroxylation sites is 1. The van der Waals surface area contributed by atoms with E-state index in [1.165, 1.54) is 0 Å². The number of ether oxygens (including phenoxy) is 2. The van der Waals surface area contributed by atoms with E-state index in [4.69, 9.17) is 9.47 Å². The largest absolute Gasteiger partial charge is 0.373 e. The van der Waals surface area contributed by atoms with E-state index in [1.54, 1.807) is 0 Å². The molecule has 4 heteroatoms. The number of aldehydes is 1. The first-order chi connectivity index (χ1) is 11.3. The van der Waals surface area contributed by atoms with Crippen molar-refractivity contribution in [2.45, 2.75) is 18.6 Å². The molecule has 1 fully saturated rings. The second-order valence-electron chi connectivity index (χ2n) is 6.07. The molecular formula is C19H19NO3. The molecule has 2 aliphatic heterocycles. The number of rotatable bonds is 5. The van der Waals surface area contributed by atoms with E-state index in [-0.39, 0.29) is 12.2 Å². The van der Waals surface area contributed by atoms with E-state index >= 15 is 0 Å². The molecule has 2 aliphatic rings. The first-order valence-electron chi connectivity index (χ1n) is 7.97. The molecule has 0 aromatic heterocycles. The number of anilines is 2. The van der Waals surface area contributed by atoms with Crippen LogP contribution in [-0.4, -0.2) is 38.3 Å². The highest BCUT2D eigenvalue weighted by Gasteiger charge is 2.29. The molecule has 0 radical (unpaired) electrons. The lowest BCUT2D eigenvalue weighted by atomic mass is 9.97. The van der Waals surface area contributed by atoms with Gasteiger partial charge in [0.2, 0.25) is 0 Å². The molecule has 2 aromatic rings. The monoisotopic (exact) mass is 309 g/mol. The number of carbonyl (C=O) groups excluding carboxylic acids is 1. The average Bonchev–Trinajstić information content (AvgIpc) is 3.44. The fourth-order valence-electron chi connectivity index (χ4n) is 3.09. The van der Waals surface area contributed by atoms with Crippen molar-refractivity contribution in [3.63, 3.8) is 0 Å². The predicted octanol–water partition coefficient (Wildman–Crippen LogP) is 2.98. The Balaban J connectivity index is 1.65. The smallest absolute Gasteiger partial charge is 0.150 e. The third-order valence-corrected chi connectivity index (χ3v) is 4.35. The second-order valence-corrected chi connectivity index (χ2v) is 6.07. The summed E-state index contributed by atoms with van der Waals surface area (Å²) in [6.45, 7) is 2.27. The van der Waals surface area contributed by atoms with Gasteiger partial charge in [-0.15, -0.1) is 0 Å². The molecule has 0 N–H and O–H groups in total. The molecule has 23 heavy (non-hydrogen) atoms. The van der Waals surface area contributed by atoms with E-state index in [9.17, 15) is 4.79 Å². The van der Waals surface area contributed by atoms with Gasteiger partial charge in [0.25, 0.3) is 0 Å². The maximum absolute atomic E-state index is 11.1. The minimum absolute atomic E-state index is 0.105. The van der Waals surface area contributed by atoms with Crippen molar-refractivity contribution in [1.29, 1.82) is 0 Å². The molecule has 2 unspecified atom stereocenters. The van der Waals surface area contributed by atoms with Crippen molar-refractivity contribution in [1.82, 2.24) is 0 Å². The van der Waals surface area contributed by atoms with Gasteiger partial charge in [0.05, 0.1) is 19.3 Å². The molecule has 0 amide bonds. The summed E-state index contributed by atoms with van der Waals surface area (Å²) in [7, 11) is 0. The fourth-order valence-corrected chi connectivity index (χ4v) is 3.09. The van der Waals surface area contributed by atoms with E-state index in [1.807, 2.05) is 36.4 Å². The summed E-state index contributed by atoms with van der Waals surface area (Å²) in [5.74, 6) is 0. The summed E-state index contributed by atoms with van der Waals surface area (Å²) in [6, 6.07) is 16.2. The number of nitrogens with zero attached hydrogens (tertiary/aromatic N) is 1. The third-order valence-electron chi connectivity index (χ3n) is 4.35. The average molecular weight is 309 g/mol. The number of hydrogen-bond acceptors (Lipinski definition) is 4. The Kier molecular flexibility index (Phi) is 3.85. The fraction of sp³-hybridized carbons (Fsp3) is 0.316. The highest BCUT2D eigenvalue weighted by Crippen LogP contribution is 2.34. The second kappa shape index (κ2) is 6.14. The maximum atomic E-state index is 11.1. The van der Waals surface area contributed by atoms with E-state index in [0.717, 1.165) is 42.8 Å². The molecule has 4 rings (SSSR count). The zero-order valence-corrected chi connectivity index (χ0v) is 12.9. The van der Waals surface area contributed by atoms with Crippen LogP contribution in [0.15, 0.2) is 48.5 Å². The summed E-state index contributed by atoms with van der Waals surface area (Å²) < 4.78 is 11.3. The quantitative estimate of drug-likeness (QED) is 0.629. The third kappa shape index (κ3) is 3.14. The SMILES string of the molecule is O=Cc1ccc2c(c1)CC(OCC1CO1)CN2c1ccccc1. The van der Waals surface area contributed by atoms with E-state index in [0.29, 0.717) is 12.2 Å². The van der Waals surface area contributed by atoms with Crippen molar-refractivity contribution in [2.75, 3.05) is 24.7 Å². The van der Waals surface area contributed by atoms with Gasteiger partial charge < -0.3 is 14.4 Å². The highest BCUT2D eigenvalue weighted by atomic mass is 16.6. The summed E-state index contributed by atoms with van der Waals surface area (Å²) in [6.07, 6.45) is 2.10. The van der Waals surface area contributed by atoms with Crippen LogP contribution in [0.2, 0.25) is 0 Å². The van der Waals surface area contributed by atoms with Gasteiger partial charge in [-0.3, -0.25) is 4.79 Å². The van der Waals surface area contributed by atoms with Crippen LogP contribution in [0.1, 0.15) is 15.9 Å². The van der Waals surface area contributed by atoms with Gasteiger partial charge in [-0.25, -0.2) is 0 Å². The van der Waals surface area contributed by atoms with Crippen molar-refractivity contribution in [2.24, 2.45) is 0 Å². The Morgan fingerprint density at radius 2 is 2.04 bits per heavy atom. The van der Waals surface area contributed by atoms with Crippen LogP contribution in [0.3, 0.4) is 0 Å². The molecule has 1 saturated heterocycles. The zero-order chi connectivity index (χ0) is 15.6. The van der Waals surface area contributed by atoms with Gasteiger partial charge in [-0.1, -0.05) is 18.2 Å².